The molecule has 126 valence electrons. The number of nitrogens with zero attached hydrogens (tertiary/aromatic N) is 1. The standard InChI is InChI=1S/C16H10F6NS/c17-15(18,19)10-6-13(16(20,21)22)12-8-23(9-24-14(12)7-10)11-4-2-1-3-5-11/h1-8H,9H2/q+1. The number of benzene rings is 2. The normalized spacial score (nSPS) is 15.0. The Bertz CT molecular complexity index is 793. The van der Waals surface area contributed by atoms with Crippen LogP contribution in [0.3, 0.4) is 0 Å². The van der Waals surface area contributed by atoms with Gasteiger partial charge in [0.1, 0.15) is 0 Å². The van der Waals surface area contributed by atoms with Gasteiger partial charge >= 0.3 is 12.4 Å². The molecule has 0 fully saturated rings. The largest absolute Gasteiger partial charge is 0.417 e. The average molecular weight is 362 g/mol. The van der Waals surface area contributed by atoms with Gasteiger partial charge in [-0.15, -0.1) is 0 Å². The zero-order valence-corrected chi connectivity index (χ0v) is 12.8. The Balaban J connectivity index is 2.19. The van der Waals surface area contributed by atoms with E-state index >= 15 is 0 Å². The summed E-state index contributed by atoms with van der Waals surface area (Å²) in [7, 11) is 0. The molecule has 1 heterocycles. The van der Waals surface area contributed by atoms with Crippen molar-refractivity contribution in [3.05, 3.63) is 59.2 Å². The van der Waals surface area contributed by atoms with Gasteiger partial charge in [-0.05, 0) is 12.1 Å². The number of halogens is 6. The molecular formula is C16H10F6NS+. The molecule has 0 aromatic heterocycles. The maximum absolute atomic E-state index is 13.3. The molecule has 0 amide bonds. The van der Waals surface area contributed by atoms with E-state index in [1.54, 1.807) is 34.9 Å². The molecule has 0 saturated carbocycles. The van der Waals surface area contributed by atoms with E-state index in [4.69, 9.17) is 0 Å². The molecule has 0 N–H and O–H groups in total. The second-order valence-electron chi connectivity index (χ2n) is 5.14. The number of fused-ring (bicyclic) bond motifs is 1. The lowest BCUT2D eigenvalue weighted by Crippen LogP contribution is -2.20. The molecule has 0 radical (unpaired) electrons. The number of rotatable bonds is 1. The summed E-state index contributed by atoms with van der Waals surface area (Å²) in [6.07, 6.45) is -8.45. The number of hydrogen-bond donors (Lipinski definition) is 0. The van der Waals surface area contributed by atoms with Gasteiger partial charge in [0.25, 0.3) is 0 Å². The topological polar surface area (TPSA) is 3.01 Å². The molecule has 1 nitrogen and oxygen atoms in total. The molecule has 0 unspecified atom stereocenters. The summed E-state index contributed by atoms with van der Waals surface area (Å²) < 4.78 is 80.0. The second-order valence-corrected chi connectivity index (χ2v) is 6.13. The Labute approximate surface area is 137 Å². The van der Waals surface area contributed by atoms with Gasteiger partial charge in [-0.1, -0.05) is 30.0 Å². The van der Waals surface area contributed by atoms with Crippen LogP contribution >= 0.6 is 11.8 Å². The van der Waals surface area contributed by atoms with Gasteiger partial charge in [0, 0.05) is 17.0 Å². The first-order valence-corrected chi connectivity index (χ1v) is 7.76. The van der Waals surface area contributed by atoms with Crippen molar-refractivity contribution < 1.29 is 30.9 Å². The third-order valence-electron chi connectivity index (χ3n) is 3.51. The summed E-state index contributed by atoms with van der Waals surface area (Å²) in [5.74, 6) is 0.232. The highest BCUT2D eigenvalue weighted by molar-refractivity contribution is 7.99. The lowest BCUT2D eigenvalue weighted by atomic mass is 10.0. The summed E-state index contributed by atoms with van der Waals surface area (Å²) in [6.45, 7) is 0. The van der Waals surface area contributed by atoms with Crippen molar-refractivity contribution in [3.8, 4) is 0 Å². The fourth-order valence-electron chi connectivity index (χ4n) is 2.38. The highest BCUT2D eigenvalue weighted by Gasteiger charge is 2.41. The van der Waals surface area contributed by atoms with Crippen LogP contribution in [0.15, 0.2) is 47.4 Å². The van der Waals surface area contributed by atoms with Crippen LogP contribution in [0.5, 0.6) is 0 Å². The fourth-order valence-corrected chi connectivity index (χ4v) is 3.41. The Morgan fingerprint density at radius 2 is 1.54 bits per heavy atom. The van der Waals surface area contributed by atoms with Crippen LogP contribution < -0.4 is 0 Å². The van der Waals surface area contributed by atoms with Crippen molar-refractivity contribution in [2.75, 3.05) is 5.88 Å². The van der Waals surface area contributed by atoms with E-state index in [0.29, 0.717) is 5.69 Å². The van der Waals surface area contributed by atoms with Crippen LogP contribution in [-0.4, -0.2) is 16.7 Å². The molecule has 24 heavy (non-hydrogen) atoms. The number of hydrogen-bond acceptors (Lipinski definition) is 1. The predicted octanol–water partition coefficient (Wildman–Crippen LogP) is 5.55. The average Bonchev–Trinajstić information content (AvgIpc) is 2.52. The second kappa shape index (κ2) is 5.84. The van der Waals surface area contributed by atoms with E-state index in [1.165, 1.54) is 6.21 Å². The first kappa shape index (κ1) is 16.9. The van der Waals surface area contributed by atoms with Gasteiger partial charge in [0.15, 0.2) is 12.1 Å². The molecule has 1 aliphatic heterocycles. The Hall–Kier alpha value is -1.96. The van der Waals surface area contributed by atoms with E-state index in [-0.39, 0.29) is 22.4 Å². The molecular weight excluding hydrogens is 352 g/mol. The first-order valence-electron chi connectivity index (χ1n) is 6.78. The summed E-state index contributed by atoms with van der Waals surface area (Å²) in [6, 6.07) is 9.63. The third-order valence-corrected chi connectivity index (χ3v) is 4.56. The quantitative estimate of drug-likeness (QED) is 0.475. The molecule has 0 spiro atoms. The molecule has 2 aromatic rings. The van der Waals surface area contributed by atoms with Crippen LogP contribution in [0, 0.1) is 0 Å². The molecule has 0 atom stereocenters. The van der Waals surface area contributed by atoms with Crippen LogP contribution in [0.1, 0.15) is 16.7 Å². The Morgan fingerprint density at radius 3 is 2.12 bits per heavy atom. The molecule has 1 aliphatic rings. The van der Waals surface area contributed by atoms with Gasteiger partial charge in [-0.2, -0.15) is 30.9 Å². The molecule has 0 aliphatic carbocycles. The molecule has 0 saturated heterocycles. The van der Waals surface area contributed by atoms with Crippen molar-refractivity contribution in [2.24, 2.45) is 0 Å². The third kappa shape index (κ3) is 3.28. The molecule has 3 rings (SSSR count). The van der Waals surface area contributed by atoms with Gasteiger partial charge < -0.3 is 0 Å². The van der Waals surface area contributed by atoms with Crippen molar-refractivity contribution in [1.82, 2.24) is 0 Å². The minimum atomic E-state index is -4.87. The molecule has 2 aromatic carbocycles. The highest BCUT2D eigenvalue weighted by Crippen LogP contribution is 2.42. The molecule has 0 bridgehead atoms. The lowest BCUT2D eigenvalue weighted by molar-refractivity contribution is -0.411. The van der Waals surface area contributed by atoms with Crippen molar-refractivity contribution in [2.45, 2.75) is 17.2 Å². The fraction of sp³-hybridized carbons (Fsp3) is 0.188. The monoisotopic (exact) mass is 362 g/mol. The van der Waals surface area contributed by atoms with E-state index in [2.05, 4.69) is 0 Å². The van der Waals surface area contributed by atoms with E-state index < -0.39 is 23.5 Å². The van der Waals surface area contributed by atoms with Crippen LogP contribution in [0.2, 0.25) is 0 Å². The highest BCUT2D eigenvalue weighted by atomic mass is 32.2. The van der Waals surface area contributed by atoms with Gasteiger partial charge in [0.05, 0.1) is 16.7 Å². The minimum Gasteiger partial charge on any atom is -0.188 e. The lowest BCUT2D eigenvalue weighted by Gasteiger charge is -2.19. The van der Waals surface area contributed by atoms with Gasteiger partial charge in [-0.25, -0.2) is 0 Å². The van der Waals surface area contributed by atoms with Crippen LogP contribution in [0.25, 0.3) is 0 Å². The van der Waals surface area contributed by atoms with E-state index in [0.717, 1.165) is 17.8 Å². The van der Waals surface area contributed by atoms with Gasteiger partial charge in [-0.3, -0.25) is 0 Å². The predicted molar refractivity (Wildman–Crippen MR) is 78.7 cm³/mol. The summed E-state index contributed by atoms with van der Waals surface area (Å²) >= 11 is 0.947. The van der Waals surface area contributed by atoms with Crippen LogP contribution in [-0.2, 0) is 12.4 Å². The Morgan fingerprint density at radius 1 is 0.875 bits per heavy atom. The zero-order chi connectivity index (χ0) is 17.5. The van der Waals surface area contributed by atoms with Crippen molar-refractivity contribution in [1.29, 1.82) is 0 Å². The van der Waals surface area contributed by atoms with Crippen LogP contribution in [0.4, 0.5) is 32.0 Å². The summed E-state index contributed by atoms with van der Waals surface area (Å²) in [4.78, 5) is -0.0238. The Kier molecular flexibility index (Phi) is 4.11. The number of thioether (sulfide) groups is 1. The smallest absolute Gasteiger partial charge is 0.188 e. The van der Waals surface area contributed by atoms with Gasteiger partial charge in [0.2, 0.25) is 5.69 Å². The van der Waals surface area contributed by atoms with E-state index in [1.807, 2.05) is 0 Å². The maximum atomic E-state index is 13.3. The first-order chi connectivity index (χ1) is 11.2. The summed E-state index contributed by atoms with van der Waals surface area (Å²) in [5, 5.41) is 0. The number of alkyl halides is 6. The molecule has 8 heteroatoms. The van der Waals surface area contributed by atoms with Crippen molar-refractivity contribution in [3.63, 3.8) is 0 Å². The van der Waals surface area contributed by atoms with E-state index in [9.17, 15) is 26.3 Å². The maximum Gasteiger partial charge on any atom is 0.417 e. The van der Waals surface area contributed by atoms with Crippen molar-refractivity contribution >= 4 is 23.7 Å². The summed E-state index contributed by atoms with van der Waals surface area (Å²) in [5.41, 5.74) is -2.14. The minimum absolute atomic E-state index is 0.0238. The SMILES string of the molecule is FC(F)(F)c1cc2c(c(C(F)(F)F)c1)C=[N+](c1ccccc1)CS2. The number of para-hydroxylation sites is 1. The zero-order valence-electron chi connectivity index (χ0n) is 11.9.